The highest BCUT2D eigenvalue weighted by Gasteiger charge is 2.30. The number of hydrogen-bond donors (Lipinski definition) is 1. The smallest absolute Gasteiger partial charge is 0.378 e. The second-order valence-electron chi connectivity index (χ2n) is 7.47. The van der Waals surface area contributed by atoms with E-state index in [9.17, 15) is 21.6 Å². The Hall–Kier alpha value is -1.75. The molecule has 30 heavy (non-hydrogen) atoms. The molecular formula is C19H25F3N4O2S2. The van der Waals surface area contributed by atoms with Crippen LogP contribution in [0.1, 0.15) is 49.5 Å². The lowest BCUT2D eigenvalue weighted by Gasteiger charge is -2.25. The predicted molar refractivity (Wildman–Crippen MR) is 111 cm³/mol. The zero-order chi connectivity index (χ0) is 21.8. The van der Waals surface area contributed by atoms with Gasteiger partial charge in [-0.1, -0.05) is 37.1 Å². The fraction of sp³-hybridized carbons (Fsp3) is 0.579. The van der Waals surface area contributed by atoms with Crippen molar-refractivity contribution in [3.05, 3.63) is 35.7 Å². The van der Waals surface area contributed by atoms with Crippen molar-refractivity contribution < 1.29 is 21.6 Å². The summed E-state index contributed by atoms with van der Waals surface area (Å²) in [7, 11) is -3.07. The van der Waals surface area contributed by atoms with E-state index in [1.807, 2.05) is 4.57 Å². The van der Waals surface area contributed by atoms with Crippen molar-refractivity contribution in [1.29, 1.82) is 0 Å². The van der Waals surface area contributed by atoms with Gasteiger partial charge in [-0.15, -0.1) is 10.2 Å². The molecule has 1 N–H and O–H groups in total. The molecule has 0 aliphatic heterocycles. The Bertz CT molecular complexity index is 955. The first-order chi connectivity index (χ1) is 14.1. The summed E-state index contributed by atoms with van der Waals surface area (Å²) >= 11 is 1.35. The molecule has 0 amide bonds. The Morgan fingerprint density at radius 3 is 2.60 bits per heavy atom. The first-order valence-corrected chi connectivity index (χ1v) is 12.8. The summed E-state index contributed by atoms with van der Waals surface area (Å²) in [5.41, 5.74) is -0.354. The molecule has 1 aromatic carbocycles. The Morgan fingerprint density at radius 1 is 1.20 bits per heavy atom. The Kier molecular flexibility index (Phi) is 7.33. The van der Waals surface area contributed by atoms with Gasteiger partial charge in [0, 0.05) is 23.7 Å². The van der Waals surface area contributed by atoms with Crippen molar-refractivity contribution in [3.63, 3.8) is 0 Å². The number of halogens is 3. The molecule has 1 saturated carbocycles. The van der Waals surface area contributed by atoms with Crippen molar-refractivity contribution in [3.8, 4) is 0 Å². The number of sulfone groups is 1. The molecule has 0 bridgehead atoms. The van der Waals surface area contributed by atoms with Crippen LogP contribution in [0.5, 0.6) is 0 Å². The minimum absolute atomic E-state index is 0.0486. The minimum Gasteiger partial charge on any atom is -0.378 e. The third kappa shape index (κ3) is 6.37. The number of benzene rings is 1. The monoisotopic (exact) mass is 462 g/mol. The molecule has 1 aliphatic carbocycles. The number of rotatable bonds is 8. The van der Waals surface area contributed by atoms with Crippen LogP contribution in [-0.4, -0.2) is 40.9 Å². The molecule has 0 saturated heterocycles. The largest absolute Gasteiger partial charge is 0.416 e. The van der Waals surface area contributed by atoms with E-state index < -0.39 is 21.6 Å². The van der Waals surface area contributed by atoms with Crippen molar-refractivity contribution in [2.45, 2.75) is 56.0 Å². The van der Waals surface area contributed by atoms with Crippen LogP contribution in [0.4, 0.5) is 18.9 Å². The number of hydrogen-bond acceptors (Lipinski definition) is 6. The fourth-order valence-electron chi connectivity index (χ4n) is 3.50. The summed E-state index contributed by atoms with van der Waals surface area (Å²) in [5.74, 6) is 1.07. The summed E-state index contributed by atoms with van der Waals surface area (Å²) in [4.78, 5) is 0. The van der Waals surface area contributed by atoms with E-state index >= 15 is 0 Å². The quantitative estimate of drug-likeness (QED) is 0.580. The van der Waals surface area contributed by atoms with E-state index in [0.717, 1.165) is 37.8 Å². The standard InChI is InChI=1S/C19H25F3N4O2S2/c1-30(27,28)11-10-29-18-25-24-17(26(18)16-8-3-2-4-9-16)13-23-15-7-5-6-14(12-15)19(20,21)22/h5-7,12,16,23H,2-4,8-11,13H2,1H3. The fourth-order valence-corrected chi connectivity index (χ4v) is 5.72. The highest BCUT2D eigenvalue weighted by molar-refractivity contribution is 8.00. The lowest BCUT2D eigenvalue weighted by molar-refractivity contribution is -0.137. The molecule has 1 aromatic heterocycles. The molecule has 0 atom stereocenters. The number of anilines is 1. The van der Waals surface area contributed by atoms with E-state index in [2.05, 4.69) is 15.5 Å². The molecule has 1 aliphatic rings. The molecule has 6 nitrogen and oxygen atoms in total. The van der Waals surface area contributed by atoms with Crippen LogP contribution in [0, 0.1) is 0 Å². The second-order valence-corrected chi connectivity index (χ2v) is 10.8. The first kappa shape index (κ1) is 22.9. The zero-order valence-electron chi connectivity index (χ0n) is 16.7. The van der Waals surface area contributed by atoms with Gasteiger partial charge in [-0.2, -0.15) is 13.2 Å². The van der Waals surface area contributed by atoms with Gasteiger partial charge in [0.15, 0.2) is 11.0 Å². The number of thioether (sulfide) groups is 1. The van der Waals surface area contributed by atoms with Crippen LogP contribution in [0.3, 0.4) is 0 Å². The Morgan fingerprint density at radius 2 is 1.93 bits per heavy atom. The van der Waals surface area contributed by atoms with Crippen LogP contribution >= 0.6 is 11.8 Å². The van der Waals surface area contributed by atoms with Crippen molar-refractivity contribution in [2.24, 2.45) is 0 Å². The highest BCUT2D eigenvalue weighted by Crippen LogP contribution is 2.33. The van der Waals surface area contributed by atoms with Crippen LogP contribution in [0.2, 0.25) is 0 Å². The van der Waals surface area contributed by atoms with E-state index in [1.54, 1.807) is 6.07 Å². The number of nitrogens with zero attached hydrogens (tertiary/aromatic N) is 3. The molecule has 0 unspecified atom stereocenters. The summed E-state index contributed by atoms with van der Waals surface area (Å²) in [6.07, 6.45) is 2.12. The van der Waals surface area contributed by atoms with Gasteiger partial charge >= 0.3 is 6.18 Å². The predicted octanol–water partition coefficient (Wildman–Crippen LogP) is 4.55. The highest BCUT2D eigenvalue weighted by atomic mass is 32.2. The molecule has 166 valence electrons. The average Bonchev–Trinajstić information content (AvgIpc) is 3.08. The van der Waals surface area contributed by atoms with Crippen LogP contribution < -0.4 is 5.32 Å². The molecule has 0 spiro atoms. The first-order valence-electron chi connectivity index (χ1n) is 9.79. The lowest BCUT2D eigenvalue weighted by Crippen LogP contribution is -2.18. The number of nitrogens with one attached hydrogen (secondary N) is 1. The molecule has 3 rings (SSSR count). The van der Waals surface area contributed by atoms with E-state index in [-0.39, 0.29) is 18.3 Å². The molecule has 1 heterocycles. The maximum Gasteiger partial charge on any atom is 0.416 e. The number of alkyl halides is 3. The number of aromatic nitrogens is 3. The third-order valence-corrected chi connectivity index (χ3v) is 7.15. The van der Waals surface area contributed by atoms with Crippen LogP contribution in [0.25, 0.3) is 0 Å². The van der Waals surface area contributed by atoms with Gasteiger partial charge in [0.2, 0.25) is 0 Å². The molecule has 1 fully saturated rings. The average molecular weight is 463 g/mol. The molecule has 11 heteroatoms. The maximum atomic E-state index is 12.9. The SMILES string of the molecule is CS(=O)(=O)CCSc1nnc(CNc2cccc(C(F)(F)F)c2)n1C1CCCCC1. The van der Waals surface area contributed by atoms with E-state index in [0.29, 0.717) is 22.4 Å². The molecular weight excluding hydrogens is 437 g/mol. The summed E-state index contributed by atoms with van der Waals surface area (Å²) in [5, 5.41) is 12.2. The van der Waals surface area contributed by atoms with Crippen molar-refractivity contribution in [1.82, 2.24) is 14.8 Å². The van der Waals surface area contributed by atoms with Crippen LogP contribution in [-0.2, 0) is 22.6 Å². The minimum atomic E-state index is -4.40. The van der Waals surface area contributed by atoms with Gasteiger partial charge in [0.1, 0.15) is 9.84 Å². The van der Waals surface area contributed by atoms with Gasteiger partial charge in [-0.05, 0) is 31.0 Å². The summed E-state index contributed by atoms with van der Waals surface area (Å²) in [6, 6.07) is 5.27. The zero-order valence-corrected chi connectivity index (χ0v) is 18.3. The van der Waals surface area contributed by atoms with Gasteiger partial charge in [-0.25, -0.2) is 8.42 Å². The second kappa shape index (κ2) is 9.59. The topological polar surface area (TPSA) is 76.9 Å². The third-order valence-electron chi connectivity index (χ3n) is 5.00. The summed E-state index contributed by atoms with van der Waals surface area (Å²) in [6.45, 7) is 0.234. The van der Waals surface area contributed by atoms with E-state index in [4.69, 9.17) is 0 Å². The van der Waals surface area contributed by atoms with Gasteiger partial charge in [-0.3, -0.25) is 0 Å². The summed E-state index contributed by atoms with van der Waals surface area (Å²) < 4.78 is 63.7. The van der Waals surface area contributed by atoms with Crippen molar-refractivity contribution >= 4 is 27.3 Å². The molecule has 0 radical (unpaired) electrons. The maximum absolute atomic E-state index is 12.9. The van der Waals surface area contributed by atoms with Gasteiger partial charge in [0.05, 0.1) is 17.9 Å². The Balaban J connectivity index is 1.76. The van der Waals surface area contributed by atoms with Gasteiger partial charge in [0.25, 0.3) is 0 Å². The Labute approximate surface area is 178 Å². The normalized spacial score (nSPS) is 16.0. The van der Waals surface area contributed by atoms with Gasteiger partial charge < -0.3 is 9.88 Å². The van der Waals surface area contributed by atoms with Crippen LogP contribution in [0.15, 0.2) is 29.4 Å². The lowest BCUT2D eigenvalue weighted by atomic mass is 9.95. The van der Waals surface area contributed by atoms with Crippen molar-refractivity contribution in [2.75, 3.05) is 23.1 Å². The molecule has 2 aromatic rings. The van der Waals surface area contributed by atoms with E-state index in [1.165, 1.54) is 30.5 Å².